The molecule has 0 aromatic carbocycles. The van der Waals surface area contributed by atoms with E-state index in [-0.39, 0.29) is 10.0 Å². The molecule has 0 saturated carbocycles. The fourth-order valence-electron chi connectivity index (χ4n) is 1.56. The van der Waals surface area contributed by atoms with Gasteiger partial charge >= 0.3 is 0 Å². The van der Waals surface area contributed by atoms with Gasteiger partial charge in [-0.1, -0.05) is 11.6 Å². The van der Waals surface area contributed by atoms with Crippen LogP contribution in [-0.4, -0.2) is 28.4 Å². The molecular weight excluding hydrogens is 278 g/mol. The Labute approximate surface area is 109 Å². The molecule has 7 nitrogen and oxygen atoms in total. The van der Waals surface area contributed by atoms with Crippen molar-refractivity contribution in [1.29, 1.82) is 0 Å². The number of nitrogens with zero attached hydrogens (tertiary/aromatic N) is 3. The Morgan fingerprint density at radius 1 is 1.50 bits per heavy atom. The summed E-state index contributed by atoms with van der Waals surface area (Å²) < 4.78 is 28.0. The number of halogens is 1. The lowest BCUT2D eigenvalue weighted by Gasteiger charge is -2.12. The summed E-state index contributed by atoms with van der Waals surface area (Å²) in [4.78, 5) is 0. The van der Waals surface area contributed by atoms with Crippen molar-refractivity contribution in [2.45, 2.75) is 18.0 Å². The molecule has 0 aliphatic carbocycles. The second kappa shape index (κ2) is 4.71. The zero-order valence-electron chi connectivity index (χ0n) is 9.75. The third kappa shape index (κ3) is 2.40. The molecule has 2 aromatic rings. The molecule has 2 heterocycles. The van der Waals surface area contributed by atoms with Crippen molar-refractivity contribution in [1.82, 2.24) is 24.7 Å². The van der Waals surface area contributed by atoms with Crippen molar-refractivity contribution in [3.8, 4) is 0 Å². The van der Waals surface area contributed by atoms with Gasteiger partial charge in [0.05, 0.1) is 17.4 Å². The van der Waals surface area contributed by atoms with Crippen LogP contribution in [0.3, 0.4) is 0 Å². The zero-order chi connectivity index (χ0) is 13.3. The number of hydrogen-bond acceptors (Lipinski definition) is 4. The van der Waals surface area contributed by atoms with Crippen LogP contribution in [0.15, 0.2) is 23.6 Å². The molecule has 0 radical (unpaired) electrons. The summed E-state index contributed by atoms with van der Waals surface area (Å²) in [6.07, 6.45) is 4.47. The van der Waals surface area contributed by atoms with Crippen LogP contribution < -0.4 is 4.72 Å². The highest BCUT2D eigenvalue weighted by Crippen LogP contribution is 2.22. The van der Waals surface area contributed by atoms with E-state index in [4.69, 9.17) is 11.6 Å². The summed E-state index contributed by atoms with van der Waals surface area (Å²) in [7, 11) is -2.21. The number of rotatable bonds is 4. The molecule has 0 bridgehead atoms. The van der Waals surface area contributed by atoms with Gasteiger partial charge in [0.25, 0.3) is 10.0 Å². The summed E-state index contributed by atoms with van der Waals surface area (Å²) >= 11 is 5.82. The summed E-state index contributed by atoms with van der Waals surface area (Å²) in [5, 5.41) is 10.2. The third-order valence-corrected chi connectivity index (χ3v) is 4.49. The second-order valence-corrected chi connectivity index (χ2v) is 5.83. The molecule has 1 atom stereocenters. The van der Waals surface area contributed by atoms with E-state index in [9.17, 15) is 8.42 Å². The smallest absolute Gasteiger partial charge is 0.259 e. The number of aromatic amines is 1. The molecular formula is C9H12ClN5O2S. The molecule has 0 amide bonds. The highest BCUT2D eigenvalue weighted by molar-refractivity contribution is 7.89. The maximum atomic E-state index is 12.2. The number of hydrogen-bond donors (Lipinski definition) is 2. The number of aryl methyl sites for hydroxylation is 1. The molecule has 1 unspecified atom stereocenters. The molecule has 0 aliphatic heterocycles. The van der Waals surface area contributed by atoms with Crippen molar-refractivity contribution >= 4 is 21.6 Å². The average molecular weight is 290 g/mol. The molecule has 0 saturated heterocycles. The Morgan fingerprint density at radius 3 is 2.72 bits per heavy atom. The molecule has 2 aromatic heterocycles. The summed E-state index contributed by atoms with van der Waals surface area (Å²) in [6, 6.07) is -0.417. The van der Waals surface area contributed by atoms with Gasteiger partial charge in [-0.05, 0) is 6.92 Å². The molecule has 2 rings (SSSR count). The van der Waals surface area contributed by atoms with Crippen LogP contribution in [0.2, 0.25) is 5.02 Å². The Kier molecular flexibility index (Phi) is 3.42. The fourth-order valence-corrected chi connectivity index (χ4v) is 3.44. The van der Waals surface area contributed by atoms with Gasteiger partial charge in [0.2, 0.25) is 0 Å². The van der Waals surface area contributed by atoms with E-state index in [1.165, 1.54) is 17.9 Å². The van der Waals surface area contributed by atoms with E-state index < -0.39 is 16.1 Å². The molecule has 18 heavy (non-hydrogen) atoms. The van der Waals surface area contributed by atoms with E-state index in [1.54, 1.807) is 19.3 Å². The summed E-state index contributed by atoms with van der Waals surface area (Å²) in [5.41, 5.74) is 0.733. The van der Waals surface area contributed by atoms with Gasteiger partial charge in [0.1, 0.15) is 0 Å². The minimum absolute atomic E-state index is 0.0560. The molecule has 0 aliphatic rings. The number of sulfonamides is 1. The maximum Gasteiger partial charge on any atom is 0.259 e. The van der Waals surface area contributed by atoms with Crippen LogP contribution in [0.5, 0.6) is 0 Å². The Balaban J connectivity index is 2.28. The lowest BCUT2D eigenvalue weighted by Crippen LogP contribution is -2.28. The van der Waals surface area contributed by atoms with Gasteiger partial charge in [-0.25, -0.2) is 13.1 Å². The number of aromatic nitrogens is 4. The Bertz CT molecular complexity index is 614. The Hall–Kier alpha value is -1.38. The van der Waals surface area contributed by atoms with Crippen molar-refractivity contribution < 1.29 is 8.42 Å². The predicted octanol–water partition coefficient (Wildman–Crippen LogP) is 0.836. The van der Waals surface area contributed by atoms with Crippen LogP contribution >= 0.6 is 11.6 Å². The van der Waals surface area contributed by atoms with Gasteiger partial charge in [-0.3, -0.25) is 9.78 Å². The Morgan fingerprint density at radius 2 is 2.22 bits per heavy atom. The monoisotopic (exact) mass is 289 g/mol. The fraction of sp³-hybridized carbons (Fsp3) is 0.333. The average Bonchev–Trinajstić information content (AvgIpc) is 2.87. The number of H-pyrrole nitrogens is 1. The largest absolute Gasteiger partial charge is 0.285 e. The SMILES string of the molecule is CC(NS(=O)(=O)c1c(Cl)cnn1C)c1cn[nH]c1. The normalized spacial score (nSPS) is 13.7. The molecule has 0 fully saturated rings. The first-order chi connectivity index (χ1) is 8.42. The van der Waals surface area contributed by atoms with E-state index in [1.807, 2.05) is 0 Å². The van der Waals surface area contributed by atoms with Crippen LogP contribution in [0, 0.1) is 0 Å². The van der Waals surface area contributed by atoms with E-state index >= 15 is 0 Å². The van der Waals surface area contributed by atoms with Crippen molar-refractivity contribution in [3.05, 3.63) is 29.2 Å². The van der Waals surface area contributed by atoms with Crippen molar-refractivity contribution in [2.75, 3.05) is 0 Å². The van der Waals surface area contributed by atoms with Crippen molar-refractivity contribution in [3.63, 3.8) is 0 Å². The first-order valence-corrected chi connectivity index (χ1v) is 6.96. The number of nitrogens with one attached hydrogen (secondary N) is 2. The second-order valence-electron chi connectivity index (χ2n) is 3.80. The van der Waals surface area contributed by atoms with Crippen LogP contribution in [0.25, 0.3) is 0 Å². The lowest BCUT2D eigenvalue weighted by atomic mass is 10.2. The maximum absolute atomic E-state index is 12.2. The topological polar surface area (TPSA) is 92.7 Å². The molecule has 98 valence electrons. The van der Waals surface area contributed by atoms with E-state index in [0.717, 1.165) is 5.56 Å². The van der Waals surface area contributed by atoms with Crippen LogP contribution in [0.1, 0.15) is 18.5 Å². The lowest BCUT2D eigenvalue weighted by molar-refractivity contribution is 0.550. The van der Waals surface area contributed by atoms with Gasteiger partial charge in [0.15, 0.2) is 5.03 Å². The quantitative estimate of drug-likeness (QED) is 0.872. The minimum Gasteiger partial charge on any atom is -0.285 e. The van der Waals surface area contributed by atoms with Gasteiger partial charge in [-0.15, -0.1) is 0 Å². The molecule has 0 spiro atoms. The predicted molar refractivity (Wildman–Crippen MR) is 65.5 cm³/mol. The highest BCUT2D eigenvalue weighted by atomic mass is 35.5. The van der Waals surface area contributed by atoms with Crippen LogP contribution in [0.4, 0.5) is 0 Å². The van der Waals surface area contributed by atoms with Crippen molar-refractivity contribution in [2.24, 2.45) is 7.05 Å². The zero-order valence-corrected chi connectivity index (χ0v) is 11.3. The van der Waals surface area contributed by atoms with Gasteiger partial charge < -0.3 is 0 Å². The summed E-state index contributed by atoms with van der Waals surface area (Å²) in [6.45, 7) is 1.71. The van der Waals surface area contributed by atoms with Gasteiger partial charge in [0, 0.05) is 24.8 Å². The first-order valence-electron chi connectivity index (χ1n) is 5.10. The summed E-state index contributed by atoms with van der Waals surface area (Å²) in [5.74, 6) is 0. The first kappa shape index (κ1) is 13.1. The highest BCUT2D eigenvalue weighted by Gasteiger charge is 2.25. The molecule has 9 heteroatoms. The van der Waals surface area contributed by atoms with Crippen LogP contribution in [-0.2, 0) is 17.1 Å². The third-order valence-electron chi connectivity index (χ3n) is 2.45. The molecule has 2 N–H and O–H groups in total. The van der Waals surface area contributed by atoms with E-state index in [2.05, 4.69) is 20.0 Å². The minimum atomic E-state index is -3.73. The van der Waals surface area contributed by atoms with Gasteiger partial charge in [-0.2, -0.15) is 10.2 Å². The standard InChI is InChI=1S/C9H12ClN5O2S/c1-6(7-3-11-12-4-7)14-18(16,17)9-8(10)5-13-15(9)2/h3-6,14H,1-2H3,(H,11,12). The van der Waals surface area contributed by atoms with E-state index in [0.29, 0.717) is 0 Å².